The fraction of sp³-hybridized carbons (Fsp3) is 0.238. The number of nitrogens with zero attached hydrogens (tertiary/aromatic N) is 2. The van der Waals surface area contributed by atoms with E-state index >= 15 is 0 Å². The highest BCUT2D eigenvalue weighted by atomic mass is 79.9. The summed E-state index contributed by atoms with van der Waals surface area (Å²) in [6.07, 6.45) is 2.81. The van der Waals surface area contributed by atoms with E-state index in [1.54, 1.807) is 0 Å². The first kappa shape index (κ1) is 18.9. The molecule has 0 aliphatic carbocycles. The lowest BCUT2D eigenvalue weighted by molar-refractivity contribution is -0.123. The maximum Gasteiger partial charge on any atom is 0.266 e. The first-order valence-electron chi connectivity index (χ1n) is 8.62. The van der Waals surface area contributed by atoms with Gasteiger partial charge in [0.1, 0.15) is 0 Å². The summed E-state index contributed by atoms with van der Waals surface area (Å²) < 4.78 is 0.995. The molecule has 1 aliphatic heterocycles. The van der Waals surface area contributed by atoms with Crippen LogP contribution in [0.2, 0.25) is 0 Å². The van der Waals surface area contributed by atoms with Gasteiger partial charge in [0.05, 0.1) is 10.6 Å². The smallest absolute Gasteiger partial charge is 0.266 e. The predicted molar refractivity (Wildman–Crippen MR) is 115 cm³/mol. The Morgan fingerprint density at radius 3 is 2.62 bits per heavy atom. The molecule has 0 aromatic heterocycles. The lowest BCUT2D eigenvalue weighted by Crippen LogP contribution is -2.36. The molecule has 5 heteroatoms. The summed E-state index contributed by atoms with van der Waals surface area (Å²) >= 11 is 4.92. The van der Waals surface area contributed by atoms with Crippen LogP contribution in [0.1, 0.15) is 31.4 Å². The third-order valence-corrected chi connectivity index (χ3v) is 5.75. The van der Waals surface area contributed by atoms with Crippen molar-refractivity contribution >= 4 is 50.5 Å². The number of hydrogen-bond acceptors (Lipinski definition) is 3. The van der Waals surface area contributed by atoms with Crippen LogP contribution in [-0.4, -0.2) is 22.0 Å². The Labute approximate surface area is 167 Å². The van der Waals surface area contributed by atoms with E-state index in [1.165, 1.54) is 17.3 Å². The van der Waals surface area contributed by atoms with E-state index in [-0.39, 0.29) is 11.9 Å². The Hall–Kier alpha value is -1.85. The van der Waals surface area contributed by atoms with Crippen LogP contribution in [0.4, 0.5) is 5.69 Å². The van der Waals surface area contributed by atoms with Crippen LogP contribution in [0.3, 0.4) is 0 Å². The number of amides is 1. The lowest BCUT2D eigenvalue weighted by atomic mass is 10.2. The lowest BCUT2D eigenvalue weighted by Gasteiger charge is -2.22. The summed E-state index contributed by atoms with van der Waals surface area (Å²) in [6.45, 7) is 6.20. The molecular formula is C21H21BrN2OS. The van der Waals surface area contributed by atoms with Crippen molar-refractivity contribution in [2.45, 2.75) is 33.2 Å². The number of rotatable bonds is 4. The number of hydrogen-bond donors (Lipinski definition) is 0. The summed E-state index contributed by atoms with van der Waals surface area (Å²) in [6, 6.07) is 16.1. The molecule has 26 heavy (non-hydrogen) atoms. The number of benzene rings is 2. The molecule has 2 aromatic carbocycles. The molecule has 1 heterocycles. The molecule has 0 saturated carbocycles. The summed E-state index contributed by atoms with van der Waals surface area (Å²) in [5.74, 6) is 0.0233. The third-order valence-electron chi connectivity index (χ3n) is 4.27. The van der Waals surface area contributed by atoms with Crippen LogP contribution >= 0.6 is 27.7 Å². The zero-order valence-corrected chi connectivity index (χ0v) is 17.5. The third kappa shape index (κ3) is 4.27. The summed E-state index contributed by atoms with van der Waals surface area (Å²) in [5, 5.41) is 0.745. The second-order valence-electron chi connectivity index (χ2n) is 6.33. The Balaban J connectivity index is 1.98. The molecular weight excluding hydrogens is 408 g/mol. The van der Waals surface area contributed by atoms with Gasteiger partial charge in [-0.2, -0.15) is 0 Å². The molecule has 0 bridgehead atoms. The van der Waals surface area contributed by atoms with Crippen molar-refractivity contribution in [1.82, 2.24) is 4.90 Å². The minimum atomic E-state index is 0.0233. The van der Waals surface area contributed by atoms with Gasteiger partial charge < -0.3 is 0 Å². The van der Waals surface area contributed by atoms with E-state index in [0.717, 1.165) is 27.3 Å². The molecule has 1 amide bonds. The predicted octanol–water partition coefficient (Wildman–Crippen LogP) is 6.16. The summed E-state index contributed by atoms with van der Waals surface area (Å²) in [7, 11) is 0. The summed E-state index contributed by atoms with van der Waals surface area (Å²) in [5.41, 5.74) is 3.05. The van der Waals surface area contributed by atoms with Crippen LogP contribution < -0.4 is 0 Å². The normalized spacial score (nSPS) is 18.8. The van der Waals surface area contributed by atoms with E-state index in [0.29, 0.717) is 4.91 Å². The average molecular weight is 429 g/mol. The van der Waals surface area contributed by atoms with Crippen LogP contribution in [0.5, 0.6) is 0 Å². The molecule has 3 nitrogen and oxygen atoms in total. The topological polar surface area (TPSA) is 32.7 Å². The van der Waals surface area contributed by atoms with Crippen molar-refractivity contribution in [2.24, 2.45) is 4.99 Å². The van der Waals surface area contributed by atoms with Crippen molar-refractivity contribution in [1.29, 1.82) is 0 Å². The van der Waals surface area contributed by atoms with Gasteiger partial charge in [-0.25, -0.2) is 4.99 Å². The van der Waals surface area contributed by atoms with Crippen molar-refractivity contribution < 1.29 is 4.79 Å². The van der Waals surface area contributed by atoms with E-state index < -0.39 is 0 Å². The SMILES string of the molecule is CC[C@@H](C)N1C(=O)/C(=C\c2cccc(Br)c2)SC1=Nc1ccc(C)cc1. The molecule has 3 rings (SSSR count). The van der Waals surface area contributed by atoms with Crippen LogP contribution in [0.25, 0.3) is 6.08 Å². The van der Waals surface area contributed by atoms with Gasteiger partial charge in [0.2, 0.25) is 0 Å². The Bertz CT molecular complexity index is 874. The van der Waals surface area contributed by atoms with Crippen molar-refractivity contribution in [3.8, 4) is 0 Å². The second kappa shape index (κ2) is 8.23. The molecule has 0 radical (unpaired) electrons. The van der Waals surface area contributed by atoms with E-state index in [4.69, 9.17) is 4.99 Å². The fourth-order valence-corrected chi connectivity index (χ4v) is 4.12. The van der Waals surface area contributed by atoms with Gasteiger partial charge in [-0.05, 0) is 67.9 Å². The monoisotopic (exact) mass is 428 g/mol. The Morgan fingerprint density at radius 1 is 1.23 bits per heavy atom. The first-order chi connectivity index (χ1) is 12.5. The Kier molecular flexibility index (Phi) is 5.99. The molecule has 0 N–H and O–H groups in total. The summed E-state index contributed by atoms with van der Waals surface area (Å²) in [4.78, 5) is 20.3. The standard InChI is InChI=1S/C21H21BrN2OS/c1-4-15(3)24-20(25)19(13-16-6-5-7-17(22)12-16)26-21(24)23-18-10-8-14(2)9-11-18/h5-13,15H,4H2,1-3H3/b19-13+,23-21?/t15-/m1/s1. The van der Waals surface area contributed by atoms with Gasteiger partial charge in [-0.1, -0.05) is 52.7 Å². The molecule has 1 saturated heterocycles. The maximum absolute atomic E-state index is 13.0. The molecule has 1 aliphatic rings. The van der Waals surface area contributed by atoms with Crippen LogP contribution in [0.15, 0.2) is 62.9 Å². The zero-order valence-electron chi connectivity index (χ0n) is 15.1. The van der Waals surface area contributed by atoms with E-state index in [1.807, 2.05) is 59.5 Å². The second-order valence-corrected chi connectivity index (χ2v) is 8.25. The molecule has 0 spiro atoms. The number of carbonyl (C=O) groups is 1. The van der Waals surface area contributed by atoms with E-state index in [9.17, 15) is 4.79 Å². The van der Waals surface area contributed by atoms with Crippen LogP contribution in [0, 0.1) is 6.92 Å². The van der Waals surface area contributed by atoms with Gasteiger partial charge in [-0.15, -0.1) is 0 Å². The van der Waals surface area contributed by atoms with Crippen molar-refractivity contribution in [2.75, 3.05) is 0 Å². The quantitative estimate of drug-likeness (QED) is 0.546. The molecule has 1 fully saturated rings. The van der Waals surface area contributed by atoms with Gasteiger partial charge in [0, 0.05) is 10.5 Å². The Morgan fingerprint density at radius 2 is 1.96 bits per heavy atom. The fourth-order valence-electron chi connectivity index (χ4n) is 2.61. The maximum atomic E-state index is 13.0. The zero-order chi connectivity index (χ0) is 18.7. The minimum absolute atomic E-state index is 0.0233. The molecule has 0 unspecified atom stereocenters. The highest BCUT2D eigenvalue weighted by molar-refractivity contribution is 9.10. The highest BCUT2D eigenvalue weighted by Gasteiger charge is 2.36. The van der Waals surface area contributed by atoms with Gasteiger partial charge in [0.15, 0.2) is 5.17 Å². The first-order valence-corrected chi connectivity index (χ1v) is 10.2. The van der Waals surface area contributed by atoms with Gasteiger partial charge >= 0.3 is 0 Å². The molecule has 2 aromatic rings. The number of aryl methyl sites for hydroxylation is 1. The van der Waals surface area contributed by atoms with Crippen molar-refractivity contribution in [3.05, 3.63) is 69.0 Å². The number of carbonyl (C=O) groups excluding carboxylic acids is 1. The number of thioether (sulfide) groups is 1. The highest BCUT2D eigenvalue weighted by Crippen LogP contribution is 2.36. The minimum Gasteiger partial charge on any atom is -0.284 e. The van der Waals surface area contributed by atoms with Crippen molar-refractivity contribution in [3.63, 3.8) is 0 Å². The number of amidine groups is 1. The molecule has 1 atom stereocenters. The van der Waals surface area contributed by atoms with Gasteiger partial charge in [0.25, 0.3) is 5.91 Å². The van der Waals surface area contributed by atoms with Gasteiger partial charge in [-0.3, -0.25) is 9.69 Å². The van der Waals surface area contributed by atoms with Crippen LogP contribution in [-0.2, 0) is 4.79 Å². The average Bonchev–Trinajstić information content (AvgIpc) is 2.91. The van der Waals surface area contributed by atoms with E-state index in [2.05, 4.69) is 36.7 Å². The number of aliphatic imine (C=N–C) groups is 1. The largest absolute Gasteiger partial charge is 0.284 e. The number of halogens is 1. The molecule has 134 valence electrons.